The molecule has 1 amide bonds. The van der Waals surface area contributed by atoms with Crippen LogP contribution in [0.25, 0.3) is 10.6 Å². The number of hydrogen-bond donors (Lipinski definition) is 2. The monoisotopic (exact) mass is 542 g/mol. The maximum absolute atomic E-state index is 13.1. The van der Waals surface area contributed by atoms with Gasteiger partial charge >= 0.3 is 0 Å². The van der Waals surface area contributed by atoms with E-state index in [1.54, 1.807) is 19.1 Å². The smallest absolute Gasteiger partial charge is 0.244 e. The van der Waals surface area contributed by atoms with Crippen LogP contribution in [0.15, 0.2) is 41.3 Å². The third kappa shape index (κ3) is 5.28. The molecule has 4 rings (SSSR count). The van der Waals surface area contributed by atoms with Crippen LogP contribution in [0.4, 0.5) is 5.13 Å². The van der Waals surface area contributed by atoms with Gasteiger partial charge in [0.15, 0.2) is 11.5 Å². The van der Waals surface area contributed by atoms with Crippen molar-refractivity contribution in [1.82, 2.24) is 14.9 Å². The van der Waals surface area contributed by atoms with Crippen molar-refractivity contribution in [2.45, 2.75) is 31.2 Å². The summed E-state index contributed by atoms with van der Waals surface area (Å²) in [6.07, 6.45) is 0.544. The lowest BCUT2D eigenvalue weighted by Crippen LogP contribution is -2.47. The lowest BCUT2D eigenvalue weighted by molar-refractivity contribution is -0.118. The zero-order valence-electron chi connectivity index (χ0n) is 18.0. The van der Waals surface area contributed by atoms with Gasteiger partial charge in [-0.2, -0.15) is 4.72 Å². The number of rotatable bonds is 8. The molecule has 0 saturated carbocycles. The summed E-state index contributed by atoms with van der Waals surface area (Å²) in [6.45, 7) is 3.78. The number of nitrogens with one attached hydrogen (secondary N) is 2. The maximum Gasteiger partial charge on any atom is 0.244 e. The average molecular weight is 543 g/mol. The van der Waals surface area contributed by atoms with Crippen molar-refractivity contribution in [3.05, 3.63) is 46.4 Å². The topological polar surface area (TPSA) is 120 Å². The summed E-state index contributed by atoms with van der Waals surface area (Å²) in [5, 5.41) is 11.8. The lowest BCUT2D eigenvalue weighted by Gasteiger charge is -2.23. The SMILES string of the molecule is CCC(C)C(NS(=O)(=O)c1cc(Cl)ccc1Cl)C(=O)Nc1nnc(-c2ccc3c(c2)OCO3)s1. The molecule has 3 aromatic rings. The van der Waals surface area contributed by atoms with Gasteiger partial charge < -0.3 is 9.47 Å². The molecule has 0 spiro atoms. The van der Waals surface area contributed by atoms with Crippen molar-refractivity contribution in [1.29, 1.82) is 0 Å². The standard InChI is InChI=1S/C21H20Cl2N4O5S2/c1-3-11(2)18(27-34(29,30)17-9-13(22)5-6-14(17)23)19(28)24-21-26-25-20(33-21)12-4-7-15-16(8-12)32-10-31-15/h4-9,11,18,27H,3,10H2,1-2H3,(H,24,26,28). The fraction of sp³-hybridized carbons (Fsp3) is 0.286. The van der Waals surface area contributed by atoms with E-state index in [0.29, 0.717) is 22.9 Å². The van der Waals surface area contributed by atoms with Crippen LogP contribution in [0, 0.1) is 5.92 Å². The van der Waals surface area contributed by atoms with Crippen LogP contribution in [0.1, 0.15) is 20.3 Å². The molecule has 180 valence electrons. The normalized spacial score (nSPS) is 14.6. The molecule has 0 fully saturated rings. The first-order valence-corrected chi connectivity index (χ1v) is 13.2. The van der Waals surface area contributed by atoms with Crippen molar-refractivity contribution in [2.24, 2.45) is 5.92 Å². The zero-order chi connectivity index (χ0) is 24.5. The van der Waals surface area contributed by atoms with Crippen LogP contribution in [-0.2, 0) is 14.8 Å². The highest BCUT2D eigenvalue weighted by Gasteiger charge is 2.31. The molecule has 2 unspecified atom stereocenters. The Hall–Kier alpha value is -2.44. The third-order valence-electron chi connectivity index (χ3n) is 5.23. The number of benzene rings is 2. The minimum atomic E-state index is -4.13. The fourth-order valence-corrected chi connectivity index (χ4v) is 5.99. The predicted molar refractivity (Wildman–Crippen MR) is 130 cm³/mol. The first-order chi connectivity index (χ1) is 16.2. The molecule has 2 atom stereocenters. The molecule has 0 aliphatic carbocycles. The second kappa shape index (κ2) is 10.0. The minimum Gasteiger partial charge on any atom is -0.454 e. The van der Waals surface area contributed by atoms with Gasteiger partial charge in [0.1, 0.15) is 15.9 Å². The molecule has 0 bridgehead atoms. The van der Waals surface area contributed by atoms with Crippen molar-refractivity contribution < 1.29 is 22.7 Å². The molecule has 2 N–H and O–H groups in total. The van der Waals surface area contributed by atoms with E-state index in [9.17, 15) is 13.2 Å². The van der Waals surface area contributed by atoms with Gasteiger partial charge in [-0.3, -0.25) is 10.1 Å². The summed E-state index contributed by atoms with van der Waals surface area (Å²) in [6, 6.07) is 8.38. The van der Waals surface area contributed by atoms with E-state index in [2.05, 4.69) is 20.2 Å². The summed E-state index contributed by atoms with van der Waals surface area (Å²) in [4.78, 5) is 12.9. The number of aromatic nitrogens is 2. The molecule has 0 saturated heterocycles. The molecule has 9 nitrogen and oxygen atoms in total. The molecule has 2 aromatic carbocycles. The quantitative estimate of drug-likeness (QED) is 0.427. The number of sulfonamides is 1. The number of nitrogens with zero attached hydrogens (tertiary/aromatic N) is 2. The van der Waals surface area contributed by atoms with E-state index in [4.69, 9.17) is 32.7 Å². The molecular formula is C21H20Cl2N4O5S2. The summed E-state index contributed by atoms with van der Waals surface area (Å²) in [5.74, 6) is 0.355. The number of halogens is 2. The Kier molecular flexibility index (Phi) is 7.29. The van der Waals surface area contributed by atoms with Gasteiger partial charge in [0.05, 0.1) is 5.02 Å². The highest BCUT2D eigenvalue weighted by Crippen LogP contribution is 2.37. The molecule has 1 aliphatic heterocycles. The molecule has 2 heterocycles. The summed E-state index contributed by atoms with van der Waals surface area (Å²) in [5.41, 5.74) is 0.747. The zero-order valence-corrected chi connectivity index (χ0v) is 21.2. The number of amides is 1. The van der Waals surface area contributed by atoms with E-state index < -0.39 is 22.0 Å². The number of carbonyl (C=O) groups excluding carboxylic acids is 1. The Balaban J connectivity index is 1.53. The second-order valence-electron chi connectivity index (χ2n) is 7.53. The van der Waals surface area contributed by atoms with Gasteiger partial charge in [0.2, 0.25) is 27.9 Å². The van der Waals surface area contributed by atoms with Crippen LogP contribution in [0.5, 0.6) is 11.5 Å². The second-order valence-corrected chi connectivity index (χ2v) is 11.0. The first kappa shape index (κ1) is 24.7. The van der Waals surface area contributed by atoms with Crippen LogP contribution in [0.3, 0.4) is 0 Å². The van der Waals surface area contributed by atoms with E-state index in [-0.39, 0.29) is 32.8 Å². The van der Waals surface area contributed by atoms with Crippen molar-refractivity contribution in [3.8, 4) is 22.1 Å². The third-order valence-corrected chi connectivity index (χ3v) is 8.28. The van der Waals surface area contributed by atoms with Crippen LogP contribution in [-0.4, -0.2) is 37.4 Å². The molecule has 1 aromatic heterocycles. The van der Waals surface area contributed by atoms with Gasteiger partial charge in [0, 0.05) is 10.6 Å². The summed E-state index contributed by atoms with van der Waals surface area (Å²) < 4.78 is 39.1. The van der Waals surface area contributed by atoms with Gasteiger partial charge in [-0.05, 0) is 42.3 Å². The van der Waals surface area contributed by atoms with Crippen molar-refractivity contribution in [3.63, 3.8) is 0 Å². The molecule has 13 heteroatoms. The average Bonchev–Trinajstić information content (AvgIpc) is 3.47. The van der Waals surface area contributed by atoms with Gasteiger partial charge in [-0.25, -0.2) is 8.42 Å². The maximum atomic E-state index is 13.1. The van der Waals surface area contributed by atoms with Gasteiger partial charge in [-0.1, -0.05) is 54.8 Å². The van der Waals surface area contributed by atoms with Gasteiger partial charge in [0.25, 0.3) is 0 Å². The predicted octanol–water partition coefficient (Wildman–Crippen LogP) is 4.57. The number of anilines is 1. The molecule has 1 aliphatic rings. The highest BCUT2D eigenvalue weighted by molar-refractivity contribution is 7.89. The lowest BCUT2D eigenvalue weighted by atomic mass is 9.99. The number of hydrogen-bond acceptors (Lipinski definition) is 8. The highest BCUT2D eigenvalue weighted by atomic mass is 35.5. The Labute approximate surface area is 210 Å². The number of carbonyl (C=O) groups is 1. The molecule has 34 heavy (non-hydrogen) atoms. The Morgan fingerprint density at radius 3 is 2.68 bits per heavy atom. The molecule has 0 radical (unpaired) electrons. The summed E-state index contributed by atoms with van der Waals surface area (Å²) in [7, 11) is -4.13. The largest absolute Gasteiger partial charge is 0.454 e. The Morgan fingerprint density at radius 1 is 1.15 bits per heavy atom. The minimum absolute atomic E-state index is 0.00213. The van der Waals surface area contributed by atoms with E-state index in [1.807, 2.05) is 13.0 Å². The van der Waals surface area contributed by atoms with E-state index >= 15 is 0 Å². The van der Waals surface area contributed by atoms with E-state index in [1.165, 1.54) is 18.2 Å². The van der Waals surface area contributed by atoms with Crippen molar-refractivity contribution in [2.75, 3.05) is 12.1 Å². The van der Waals surface area contributed by atoms with Crippen LogP contribution >= 0.6 is 34.5 Å². The van der Waals surface area contributed by atoms with Crippen LogP contribution < -0.4 is 19.5 Å². The number of ether oxygens (including phenoxy) is 2. The molecular weight excluding hydrogens is 523 g/mol. The summed E-state index contributed by atoms with van der Waals surface area (Å²) >= 11 is 13.2. The van der Waals surface area contributed by atoms with Crippen molar-refractivity contribution >= 4 is 55.6 Å². The van der Waals surface area contributed by atoms with Crippen LogP contribution in [0.2, 0.25) is 10.0 Å². The Bertz CT molecular complexity index is 1330. The van der Waals surface area contributed by atoms with Gasteiger partial charge in [-0.15, -0.1) is 10.2 Å². The van der Waals surface area contributed by atoms with E-state index in [0.717, 1.165) is 16.9 Å². The number of fused-ring (bicyclic) bond motifs is 1. The first-order valence-electron chi connectivity index (χ1n) is 10.2. The fourth-order valence-electron chi connectivity index (χ4n) is 3.18. The Morgan fingerprint density at radius 2 is 1.91 bits per heavy atom.